The van der Waals surface area contributed by atoms with Crippen LogP contribution in [0.2, 0.25) is 18.1 Å². The summed E-state index contributed by atoms with van der Waals surface area (Å²) >= 11 is 0. The van der Waals surface area contributed by atoms with Crippen LogP contribution in [0.1, 0.15) is 32.6 Å². The molecule has 0 N–H and O–H groups in total. The summed E-state index contributed by atoms with van der Waals surface area (Å²) in [5, 5.41) is 0. The third kappa shape index (κ3) is 3.96. The number of amides is 2. The lowest BCUT2D eigenvalue weighted by molar-refractivity contribution is -0.162. The van der Waals surface area contributed by atoms with Gasteiger partial charge in [-0.15, -0.1) is 0 Å². The van der Waals surface area contributed by atoms with Crippen LogP contribution in [0.15, 0.2) is 22.8 Å². The Hall–Kier alpha value is -1.64. The molecule has 2 atom stereocenters. The second-order valence-corrected chi connectivity index (χ2v) is 10.8. The lowest BCUT2D eigenvalue weighted by Gasteiger charge is -2.46. The molecule has 140 valence electrons. The minimum atomic E-state index is -2.00. The summed E-state index contributed by atoms with van der Waals surface area (Å²) in [4.78, 5) is 26.0. The number of ether oxygens (including phenoxy) is 2. The normalized spacial score (nSPS) is 20.5. The maximum atomic E-state index is 12.6. The molecule has 0 aliphatic carbocycles. The van der Waals surface area contributed by atoms with Crippen LogP contribution >= 0.6 is 0 Å². The predicted octanol–water partition coefficient (Wildman–Crippen LogP) is 3.34. The van der Waals surface area contributed by atoms with Gasteiger partial charge in [0.2, 0.25) is 0 Å². The van der Waals surface area contributed by atoms with Crippen LogP contribution in [0.4, 0.5) is 4.79 Å². The van der Waals surface area contributed by atoms with E-state index < -0.39 is 26.6 Å². The van der Waals surface area contributed by atoms with Crippen LogP contribution in [0.3, 0.4) is 0 Å². The van der Waals surface area contributed by atoms with Crippen LogP contribution in [0.5, 0.6) is 0 Å². The maximum Gasteiger partial charge on any atom is 0.417 e. The van der Waals surface area contributed by atoms with Gasteiger partial charge in [-0.05, 0) is 30.3 Å². The Morgan fingerprint density at radius 3 is 2.44 bits per heavy atom. The van der Waals surface area contributed by atoms with E-state index in [0.29, 0.717) is 5.76 Å². The van der Waals surface area contributed by atoms with E-state index in [4.69, 9.17) is 18.3 Å². The molecule has 0 unspecified atom stereocenters. The average Bonchev–Trinajstić information content (AvgIpc) is 3.15. The standard InChI is InChI=1S/C17H27NO6Si/c1-5-25(6-2,7-3)24-15-14(13-9-8-10-22-13)18(16(15)19)17(20)23-12-11-21-4/h8-10,14-15H,5-7,11-12H2,1-4H3/t14-,15+/m1/s1. The van der Waals surface area contributed by atoms with Gasteiger partial charge in [0.1, 0.15) is 18.4 Å². The maximum absolute atomic E-state index is 12.6. The Morgan fingerprint density at radius 2 is 1.92 bits per heavy atom. The van der Waals surface area contributed by atoms with E-state index in [1.165, 1.54) is 13.4 Å². The van der Waals surface area contributed by atoms with Gasteiger partial charge in [0.25, 0.3) is 5.91 Å². The van der Waals surface area contributed by atoms with E-state index in [9.17, 15) is 9.59 Å². The van der Waals surface area contributed by atoms with Crippen molar-refractivity contribution in [3.8, 4) is 0 Å². The number of imide groups is 1. The zero-order valence-electron chi connectivity index (χ0n) is 15.3. The zero-order valence-corrected chi connectivity index (χ0v) is 16.3. The van der Waals surface area contributed by atoms with Crippen molar-refractivity contribution in [3.63, 3.8) is 0 Å². The molecule has 1 aromatic heterocycles. The first kappa shape index (κ1) is 19.7. The molecule has 2 heterocycles. The largest absolute Gasteiger partial charge is 0.467 e. The Bertz CT molecular complexity index is 563. The number of carbonyl (C=O) groups is 2. The molecule has 2 rings (SSSR count). The van der Waals surface area contributed by atoms with E-state index in [0.717, 1.165) is 23.0 Å². The number of nitrogens with zero attached hydrogens (tertiary/aromatic N) is 1. The van der Waals surface area contributed by atoms with Gasteiger partial charge >= 0.3 is 6.09 Å². The molecule has 8 heteroatoms. The van der Waals surface area contributed by atoms with Crippen LogP contribution in [-0.4, -0.2) is 51.6 Å². The summed E-state index contributed by atoms with van der Waals surface area (Å²) in [5.74, 6) is 0.163. The highest BCUT2D eigenvalue weighted by atomic mass is 28.4. The van der Waals surface area contributed by atoms with Crippen LogP contribution in [0.25, 0.3) is 0 Å². The minimum Gasteiger partial charge on any atom is -0.467 e. The monoisotopic (exact) mass is 369 g/mol. The van der Waals surface area contributed by atoms with Gasteiger partial charge in [0, 0.05) is 7.11 Å². The molecular formula is C17H27NO6Si. The lowest BCUT2D eigenvalue weighted by Crippen LogP contribution is -2.64. The van der Waals surface area contributed by atoms with Gasteiger partial charge < -0.3 is 18.3 Å². The van der Waals surface area contributed by atoms with Crippen LogP contribution in [-0.2, 0) is 18.7 Å². The molecule has 0 saturated carbocycles. The smallest absolute Gasteiger partial charge is 0.417 e. The van der Waals surface area contributed by atoms with Crippen molar-refractivity contribution in [1.29, 1.82) is 0 Å². The fraction of sp³-hybridized carbons (Fsp3) is 0.647. The molecule has 7 nitrogen and oxygen atoms in total. The number of methoxy groups -OCH3 is 1. The molecule has 1 aliphatic heterocycles. The van der Waals surface area contributed by atoms with Crippen molar-refractivity contribution in [2.45, 2.75) is 51.0 Å². The highest BCUT2D eigenvalue weighted by molar-refractivity contribution is 6.73. The molecule has 1 saturated heterocycles. The molecule has 1 aromatic rings. The van der Waals surface area contributed by atoms with E-state index in [1.54, 1.807) is 12.1 Å². The van der Waals surface area contributed by atoms with Gasteiger partial charge in [0.05, 0.1) is 12.9 Å². The van der Waals surface area contributed by atoms with Crippen molar-refractivity contribution in [1.82, 2.24) is 4.90 Å². The number of hydrogen-bond acceptors (Lipinski definition) is 6. The number of furan rings is 1. The van der Waals surface area contributed by atoms with Crippen molar-refractivity contribution in [3.05, 3.63) is 24.2 Å². The number of β-lactam (4-membered cyclic amide) rings is 1. The topological polar surface area (TPSA) is 78.2 Å². The third-order valence-electron chi connectivity index (χ3n) is 4.90. The average molecular weight is 369 g/mol. The number of rotatable bonds is 9. The second kappa shape index (κ2) is 8.64. The van der Waals surface area contributed by atoms with Gasteiger partial charge in [-0.25, -0.2) is 9.69 Å². The lowest BCUT2D eigenvalue weighted by atomic mass is 9.96. The van der Waals surface area contributed by atoms with Crippen molar-refractivity contribution in [2.24, 2.45) is 0 Å². The Morgan fingerprint density at radius 1 is 1.24 bits per heavy atom. The summed E-state index contributed by atoms with van der Waals surface area (Å²) in [6, 6.07) is 5.67. The van der Waals surface area contributed by atoms with E-state index in [2.05, 4.69) is 20.8 Å². The Balaban J connectivity index is 2.18. The second-order valence-electron chi connectivity index (χ2n) is 6.06. The third-order valence-corrected chi connectivity index (χ3v) is 9.52. The van der Waals surface area contributed by atoms with Crippen LogP contribution in [0, 0.1) is 0 Å². The minimum absolute atomic E-state index is 0.0904. The Labute approximate surface area is 149 Å². The van der Waals surface area contributed by atoms with Gasteiger partial charge in [-0.2, -0.15) is 0 Å². The van der Waals surface area contributed by atoms with Gasteiger partial charge in [-0.3, -0.25) is 4.79 Å². The highest BCUT2D eigenvalue weighted by Gasteiger charge is 2.56. The molecule has 1 fully saturated rings. The number of likely N-dealkylation sites (tertiary alicyclic amines) is 1. The molecule has 0 spiro atoms. The zero-order chi connectivity index (χ0) is 18.4. The molecule has 2 amide bonds. The van der Waals surface area contributed by atoms with Crippen molar-refractivity contribution >= 4 is 20.3 Å². The summed E-state index contributed by atoms with van der Waals surface area (Å²) in [6.07, 6.45) is 0.140. The number of hydrogen-bond donors (Lipinski definition) is 0. The van der Waals surface area contributed by atoms with Crippen LogP contribution < -0.4 is 0 Å². The van der Waals surface area contributed by atoms with Gasteiger partial charge in [0.15, 0.2) is 14.4 Å². The van der Waals surface area contributed by atoms with Crippen molar-refractivity contribution in [2.75, 3.05) is 20.3 Å². The first-order chi connectivity index (χ1) is 12.0. The summed E-state index contributed by atoms with van der Waals surface area (Å²) in [7, 11) is -0.487. The predicted molar refractivity (Wildman–Crippen MR) is 93.6 cm³/mol. The summed E-state index contributed by atoms with van der Waals surface area (Å²) < 4.78 is 21.7. The molecule has 0 radical (unpaired) electrons. The summed E-state index contributed by atoms with van der Waals surface area (Å²) in [5.41, 5.74) is 0. The first-order valence-corrected chi connectivity index (χ1v) is 11.3. The van der Waals surface area contributed by atoms with E-state index in [1.807, 2.05) is 0 Å². The highest BCUT2D eigenvalue weighted by Crippen LogP contribution is 2.40. The summed E-state index contributed by atoms with van der Waals surface area (Å²) in [6.45, 7) is 6.66. The fourth-order valence-corrected chi connectivity index (χ4v) is 5.84. The number of carbonyl (C=O) groups excluding carboxylic acids is 2. The quantitative estimate of drug-likeness (QED) is 0.377. The fourth-order valence-electron chi connectivity index (χ4n) is 3.07. The molecule has 25 heavy (non-hydrogen) atoms. The molecule has 0 bridgehead atoms. The molecular weight excluding hydrogens is 342 g/mol. The van der Waals surface area contributed by atoms with Crippen molar-refractivity contribution < 1.29 is 27.9 Å². The SMILES string of the molecule is CC[Si](CC)(CC)O[C@@H]1C(=O)N(C(=O)OCCOC)[C@@H]1c1ccco1. The molecule has 1 aliphatic rings. The van der Waals surface area contributed by atoms with Gasteiger partial charge in [-0.1, -0.05) is 20.8 Å². The van der Waals surface area contributed by atoms with E-state index in [-0.39, 0.29) is 19.1 Å². The van der Waals surface area contributed by atoms with E-state index >= 15 is 0 Å². The first-order valence-electron chi connectivity index (χ1n) is 8.73. The molecule has 0 aromatic carbocycles. The Kier molecular flexibility index (Phi) is 6.80.